The number of carbonyl (C=O) groups is 1. The van der Waals surface area contributed by atoms with Gasteiger partial charge in [0, 0.05) is 10.9 Å². The van der Waals surface area contributed by atoms with Gasteiger partial charge in [0.15, 0.2) is 5.76 Å². The van der Waals surface area contributed by atoms with Crippen molar-refractivity contribution in [3.63, 3.8) is 0 Å². The van der Waals surface area contributed by atoms with Gasteiger partial charge in [-0.2, -0.15) is 0 Å². The number of furan rings is 1. The van der Waals surface area contributed by atoms with Gasteiger partial charge in [0.25, 0.3) is 0 Å². The van der Waals surface area contributed by atoms with Crippen molar-refractivity contribution in [1.29, 1.82) is 0 Å². The van der Waals surface area contributed by atoms with Crippen molar-refractivity contribution in [1.82, 2.24) is 0 Å². The number of carbonyl (C=O) groups excluding carboxylic acids is 1. The molecule has 1 aliphatic rings. The van der Waals surface area contributed by atoms with Crippen molar-refractivity contribution in [3.05, 3.63) is 65.9 Å². The first-order valence-electron chi connectivity index (χ1n) is 7.09. The summed E-state index contributed by atoms with van der Waals surface area (Å²) in [6.07, 6.45) is 2.61. The second-order valence-corrected chi connectivity index (χ2v) is 5.32. The average Bonchev–Trinajstić information content (AvgIpc) is 3.22. The Bertz CT molecular complexity index is 762. The van der Waals surface area contributed by atoms with Crippen molar-refractivity contribution >= 4 is 16.8 Å². The second kappa shape index (κ2) is 4.77. The minimum absolute atomic E-state index is 0.107. The van der Waals surface area contributed by atoms with Gasteiger partial charge in [0.05, 0.1) is 6.10 Å². The van der Waals surface area contributed by atoms with Crippen LogP contribution in [-0.2, 0) is 0 Å². The van der Waals surface area contributed by atoms with Crippen LogP contribution in [0.2, 0.25) is 0 Å². The maximum atomic E-state index is 12.4. The van der Waals surface area contributed by atoms with E-state index in [1.54, 1.807) is 18.2 Å². The highest BCUT2D eigenvalue weighted by Gasteiger charge is 2.23. The van der Waals surface area contributed by atoms with E-state index in [1.165, 1.54) is 0 Å². The number of benzene rings is 2. The smallest absolute Gasteiger partial charge is 0.228 e. The molecule has 0 radical (unpaired) electrons. The van der Waals surface area contributed by atoms with Crippen molar-refractivity contribution in [2.75, 3.05) is 0 Å². The van der Waals surface area contributed by atoms with E-state index in [-0.39, 0.29) is 5.78 Å². The van der Waals surface area contributed by atoms with E-state index < -0.39 is 0 Å². The monoisotopic (exact) mass is 278 g/mol. The molecule has 1 heterocycles. The molecular weight excluding hydrogens is 264 g/mol. The highest BCUT2D eigenvalue weighted by molar-refractivity contribution is 6.09. The summed E-state index contributed by atoms with van der Waals surface area (Å²) in [4.78, 5) is 12.4. The lowest BCUT2D eigenvalue weighted by molar-refractivity contribution is 0.101. The standard InChI is InChI=1S/C18H14O3/c19-18(17-11-13-3-1-2-4-16(13)21-17)12-5-7-14(8-6-12)20-15-9-10-15/h1-8,11,15H,9-10H2. The molecular formula is C18H14O3. The van der Waals surface area contributed by atoms with Crippen LogP contribution < -0.4 is 4.74 Å². The highest BCUT2D eigenvalue weighted by Crippen LogP contribution is 2.27. The van der Waals surface area contributed by atoms with E-state index in [0.717, 1.165) is 29.6 Å². The van der Waals surface area contributed by atoms with E-state index in [2.05, 4.69) is 0 Å². The van der Waals surface area contributed by atoms with Gasteiger partial charge in [-0.3, -0.25) is 4.79 Å². The fourth-order valence-electron chi connectivity index (χ4n) is 2.30. The first-order valence-corrected chi connectivity index (χ1v) is 7.09. The molecule has 1 aromatic heterocycles. The van der Waals surface area contributed by atoms with Crippen LogP contribution in [-0.4, -0.2) is 11.9 Å². The van der Waals surface area contributed by atoms with Crippen LogP contribution in [0, 0.1) is 0 Å². The molecule has 0 saturated heterocycles. The first kappa shape index (κ1) is 12.2. The molecule has 0 amide bonds. The second-order valence-electron chi connectivity index (χ2n) is 5.32. The van der Waals surface area contributed by atoms with Crippen LogP contribution in [0.4, 0.5) is 0 Å². The molecule has 0 aliphatic heterocycles. The zero-order valence-corrected chi connectivity index (χ0v) is 11.4. The third-order valence-corrected chi connectivity index (χ3v) is 3.59. The van der Waals surface area contributed by atoms with Crippen molar-refractivity contribution in [3.8, 4) is 5.75 Å². The third kappa shape index (κ3) is 2.42. The molecule has 21 heavy (non-hydrogen) atoms. The minimum atomic E-state index is -0.107. The highest BCUT2D eigenvalue weighted by atomic mass is 16.5. The molecule has 1 aliphatic carbocycles. The van der Waals surface area contributed by atoms with Crippen molar-refractivity contribution < 1.29 is 13.9 Å². The molecule has 0 spiro atoms. The van der Waals surface area contributed by atoms with Crippen LogP contribution in [0.25, 0.3) is 11.0 Å². The van der Waals surface area contributed by atoms with Gasteiger partial charge in [0.1, 0.15) is 11.3 Å². The largest absolute Gasteiger partial charge is 0.490 e. The third-order valence-electron chi connectivity index (χ3n) is 3.59. The lowest BCUT2D eigenvalue weighted by atomic mass is 10.1. The molecule has 0 N–H and O–H groups in total. The summed E-state index contributed by atoms with van der Waals surface area (Å²) >= 11 is 0. The van der Waals surface area contributed by atoms with E-state index in [9.17, 15) is 4.79 Å². The van der Waals surface area contributed by atoms with Crippen molar-refractivity contribution in [2.45, 2.75) is 18.9 Å². The predicted octanol–water partition coefficient (Wildman–Crippen LogP) is 4.21. The quantitative estimate of drug-likeness (QED) is 0.671. The van der Waals surface area contributed by atoms with Gasteiger partial charge < -0.3 is 9.15 Å². The Morgan fingerprint density at radius 2 is 1.81 bits per heavy atom. The number of para-hydroxylation sites is 1. The zero-order valence-electron chi connectivity index (χ0n) is 11.4. The number of rotatable bonds is 4. The molecule has 2 aromatic carbocycles. The molecule has 4 rings (SSSR count). The van der Waals surface area contributed by atoms with Crippen molar-refractivity contribution in [2.24, 2.45) is 0 Å². The van der Waals surface area contributed by atoms with Crippen LogP contribution in [0.15, 0.2) is 59.0 Å². The molecule has 1 fully saturated rings. The first-order chi connectivity index (χ1) is 10.3. The van der Waals surface area contributed by atoms with Gasteiger partial charge in [-0.15, -0.1) is 0 Å². The summed E-state index contributed by atoms with van der Waals surface area (Å²) in [6.45, 7) is 0. The average molecular weight is 278 g/mol. The Morgan fingerprint density at radius 1 is 1.05 bits per heavy atom. The fourth-order valence-corrected chi connectivity index (χ4v) is 2.30. The fraction of sp³-hybridized carbons (Fsp3) is 0.167. The SMILES string of the molecule is O=C(c1ccc(OC2CC2)cc1)c1cc2ccccc2o1. The molecule has 0 unspecified atom stereocenters. The minimum Gasteiger partial charge on any atom is -0.490 e. The van der Waals surface area contributed by atoms with Crippen LogP contribution >= 0.6 is 0 Å². The van der Waals surface area contributed by atoms with E-state index in [0.29, 0.717) is 17.4 Å². The van der Waals surface area contributed by atoms with Crippen LogP contribution in [0.3, 0.4) is 0 Å². The van der Waals surface area contributed by atoms with E-state index >= 15 is 0 Å². The summed E-state index contributed by atoms with van der Waals surface area (Å²) < 4.78 is 11.3. The van der Waals surface area contributed by atoms with Gasteiger partial charge in [0.2, 0.25) is 5.78 Å². The topological polar surface area (TPSA) is 39.4 Å². The lowest BCUT2D eigenvalue weighted by Crippen LogP contribution is -2.00. The van der Waals surface area contributed by atoms with Gasteiger partial charge in [-0.25, -0.2) is 0 Å². The molecule has 104 valence electrons. The normalized spacial score (nSPS) is 14.3. The number of fused-ring (bicyclic) bond motifs is 1. The summed E-state index contributed by atoms with van der Waals surface area (Å²) in [7, 11) is 0. The van der Waals surface area contributed by atoms with E-state index in [4.69, 9.17) is 9.15 Å². The molecule has 1 saturated carbocycles. The summed E-state index contributed by atoms with van der Waals surface area (Å²) in [5.41, 5.74) is 1.34. The van der Waals surface area contributed by atoms with Gasteiger partial charge in [-0.05, 0) is 49.2 Å². The maximum Gasteiger partial charge on any atom is 0.228 e. The summed E-state index contributed by atoms with van der Waals surface area (Å²) in [5, 5.41) is 0.939. The lowest BCUT2D eigenvalue weighted by Gasteiger charge is -2.04. The number of hydrogen-bond acceptors (Lipinski definition) is 3. The Hall–Kier alpha value is -2.55. The van der Waals surface area contributed by atoms with Crippen LogP contribution in [0.1, 0.15) is 29.0 Å². The number of hydrogen-bond donors (Lipinski definition) is 0. The summed E-state index contributed by atoms with van der Waals surface area (Å²) in [6, 6.07) is 16.6. The zero-order chi connectivity index (χ0) is 14.2. The Balaban J connectivity index is 1.60. The maximum absolute atomic E-state index is 12.4. The Kier molecular flexibility index (Phi) is 2.78. The Labute approximate surface area is 122 Å². The predicted molar refractivity (Wildman–Crippen MR) is 79.7 cm³/mol. The van der Waals surface area contributed by atoms with Crippen LogP contribution in [0.5, 0.6) is 5.75 Å². The van der Waals surface area contributed by atoms with E-state index in [1.807, 2.05) is 36.4 Å². The number of ether oxygens (including phenoxy) is 1. The molecule has 3 heteroatoms. The Morgan fingerprint density at radius 3 is 2.52 bits per heavy atom. The van der Waals surface area contributed by atoms with Gasteiger partial charge in [-0.1, -0.05) is 18.2 Å². The molecule has 3 nitrogen and oxygen atoms in total. The summed E-state index contributed by atoms with van der Waals surface area (Å²) in [5.74, 6) is 1.08. The molecule has 0 atom stereocenters. The molecule has 0 bridgehead atoms. The number of ketones is 1. The van der Waals surface area contributed by atoms with Gasteiger partial charge >= 0.3 is 0 Å². The molecule has 3 aromatic rings.